The molecule has 8 nitrogen and oxygen atoms in total. The number of nitriles is 1. The van der Waals surface area contributed by atoms with Crippen LogP contribution in [-0.2, 0) is 16.0 Å². The van der Waals surface area contributed by atoms with E-state index in [0.29, 0.717) is 12.2 Å². The SMILES string of the molecule is CCOC(=O)c1nc(C(=O)OCC)c2c(C#N)cn(CC(C)C)c2n1. The Hall–Kier alpha value is -2.95. The van der Waals surface area contributed by atoms with Crippen molar-refractivity contribution >= 4 is 23.0 Å². The van der Waals surface area contributed by atoms with Crippen LogP contribution in [0.5, 0.6) is 0 Å². The summed E-state index contributed by atoms with van der Waals surface area (Å²) in [5.41, 5.74) is 0.495. The molecular formula is C17H20N4O4. The molecule has 2 heterocycles. The third-order valence-electron chi connectivity index (χ3n) is 3.33. The smallest absolute Gasteiger partial charge is 0.376 e. The Morgan fingerprint density at radius 1 is 1.20 bits per heavy atom. The summed E-state index contributed by atoms with van der Waals surface area (Å²) in [7, 11) is 0. The van der Waals surface area contributed by atoms with Gasteiger partial charge in [0.25, 0.3) is 0 Å². The van der Waals surface area contributed by atoms with Crippen LogP contribution in [0.3, 0.4) is 0 Å². The van der Waals surface area contributed by atoms with E-state index in [4.69, 9.17) is 9.47 Å². The quantitative estimate of drug-likeness (QED) is 0.740. The molecular weight excluding hydrogens is 324 g/mol. The van der Waals surface area contributed by atoms with Crippen LogP contribution in [0.2, 0.25) is 0 Å². The molecule has 0 fully saturated rings. The summed E-state index contributed by atoms with van der Waals surface area (Å²) in [6.45, 7) is 8.23. The summed E-state index contributed by atoms with van der Waals surface area (Å²) in [5.74, 6) is -1.40. The number of hydrogen-bond acceptors (Lipinski definition) is 7. The number of aromatic nitrogens is 3. The fraction of sp³-hybridized carbons (Fsp3) is 0.471. The van der Waals surface area contributed by atoms with Gasteiger partial charge in [-0.25, -0.2) is 19.6 Å². The van der Waals surface area contributed by atoms with Gasteiger partial charge < -0.3 is 14.0 Å². The molecule has 0 bridgehead atoms. The van der Waals surface area contributed by atoms with Gasteiger partial charge in [0, 0.05) is 12.7 Å². The molecule has 0 amide bonds. The number of carbonyl (C=O) groups excluding carboxylic acids is 2. The van der Waals surface area contributed by atoms with Crippen LogP contribution in [0.15, 0.2) is 6.20 Å². The van der Waals surface area contributed by atoms with Gasteiger partial charge in [0.2, 0.25) is 5.82 Å². The van der Waals surface area contributed by atoms with Crippen molar-refractivity contribution < 1.29 is 19.1 Å². The van der Waals surface area contributed by atoms with E-state index in [0.717, 1.165) is 0 Å². The zero-order chi connectivity index (χ0) is 18.6. The third kappa shape index (κ3) is 3.76. The number of nitrogens with zero attached hydrogens (tertiary/aromatic N) is 4. The molecule has 0 aliphatic carbocycles. The monoisotopic (exact) mass is 344 g/mol. The molecule has 25 heavy (non-hydrogen) atoms. The number of fused-ring (bicyclic) bond motifs is 1. The summed E-state index contributed by atoms with van der Waals surface area (Å²) in [4.78, 5) is 32.6. The Balaban J connectivity index is 2.77. The molecule has 0 spiro atoms. The Kier molecular flexibility index (Phi) is 5.70. The molecule has 2 rings (SSSR count). The lowest BCUT2D eigenvalue weighted by Gasteiger charge is -2.09. The summed E-state index contributed by atoms with van der Waals surface area (Å²) < 4.78 is 11.7. The molecule has 0 saturated carbocycles. The van der Waals surface area contributed by atoms with Crippen molar-refractivity contribution in [1.82, 2.24) is 14.5 Å². The van der Waals surface area contributed by atoms with E-state index in [1.54, 1.807) is 24.6 Å². The molecule has 0 aliphatic heterocycles. The second-order valence-electron chi connectivity index (χ2n) is 5.74. The number of hydrogen-bond donors (Lipinski definition) is 0. The summed E-state index contributed by atoms with van der Waals surface area (Å²) in [6.07, 6.45) is 1.61. The second kappa shape index (κ2) is 7.75. The minimum absolute atomic E-state index is 0.103. The minimum Gasteiger partial charge on any atom is -0.461 e. The molecule has 0 radical (unpaired) electrons. The lowest BCUT2D eigenvalue weighted by Crippen LogP contribution is -2.16. The average Bonchev–Trinajstić information content (AvgIpc) is 2.91. The Morgan fingerprint density at radius 3 is 2.40 bits per heavy atom. The lowest BCUT2D eigenvalue weighted by molar-refractivity contribution is 0.0507. The molecule has 0 unspecified atom stereocenters. The number of carbonyl (C=O) groups is 2. The van der Waals surface area contributed by atoms with Crippen LogP contribution >= 0.6 is 0 Å². The largest absolute Gasteiger partial charge is 0.461 e. The normalized spacial score (nSPS) is 10.7. The summed E-state index contributed by atoms with van der Waals surface area (Å²) in [6, 6.07) is 2.05. The van der Waals surface area contributed by atoms with E-state index in [2.05, 4.69) is 16.0 Å². The molecule has 2 aromatic heterocycles. The predicted molar refractivity (Wildman–Crippen MR) is 89.0 cm³/mol. The van der Waals surface area contributed by atoms with Gasteiger partial charge in [-0.2, -0.15) is 5.26 Å². The molecule has 0 aromatic carbocycles. The minimum atomic E-state index is -0.731. The van der Waals surface area contributed by atoms with Crippen molar-refractivity contribution in [1.29, 1.82) is 5.26 Å². The Labute approximate surface area is 145 Å². The Morgan fingerprint density at radius 2 is 1.84 bits per heavy atom. The fourth-order valence-corrected chi connectivity index (χ4v) is 2.44. The van der Waals surface area contributed by atoms with E-state index >= 15 is 0 Å². The van der Waals surface area contributed by atoms with Gasteiger partial charge in [-0.15, -0.1) is 0 Å². The summed E-state index contributed by atoms with van der Waals surface area (Å²) >= 11 is 0. The maximum absolute atomic E-state index is 12.3. The van der Waals surface area contributed by atoms with Crippen LogP contribution in [0.25, 0.3) is 11.0 Å². The van der Waals surface area contributed by atoms with E-state index in [1.807, 2.05) is 13.8 Å². The topological polar surface area (TPSA) is 107 Å². The average molecular weight is 344 g/mol. The maximum Gasteiger partial charge on any atom is 0.376 e. The highest BCUT2D eigenvalue weighted by Crippen LogP contribution is 2.24. The van der Waals surface area contributed by atoms with Crippen LogP contribution in [0.4, 0.5) is 0 Å². The van der Waals surface area contributed by atoms with E-state index in [1.165, 1.54) is 0 Å². The Bertz CT molecular complexity index is 848. The third-order valence-corrected chi connectivity index (χ3v) is 3.33. The van der Waals surface area contributed by atoms with Gasteiger partial charge >= 0.3 is 11.9 Å². The molecule has 132 valence electrons. The van der Waals surface area contributed by atoms with Gasteiger partial charge in [-0.1, -0.05) is 13.8 Å². The first kappa shape index (κ1) is 18.4. The highest BCUT2D eigenvalue weighted by atomic mass is 16.5. The second-order valence-corrected chi connectivity index (χ2v) is 5.74. The highest BCUT2D eigenvalue weighted by Gasteiger charge is 2.25. The molecule has 0 N–H and O–H groups in total. The standard InChI is InChI=1S/C17H20N4O4/c1-5-24-16(22)13-12-11(7-18)9-21(8-10(3)4)15(12)20-14(19-13)17(23)25-6-2/h9-10H,5-6,8H2,1-4H3. The van der Waals surface area contributed by atoms with Crippen LogP contribution < -0.4 is 0 Å². The molecule has 0 saturated heterocycles. The van der Waals surface area contributed by atoms with Crippen molar-refractivity contribution in [2.45, 2.75) is 34.2 Å². The van der Waals surface area contributed by atoms with Crippen LogP contribution in [0, 0.1) is 17.2 Å². The number of rotatable bonds is 6. The first-order valence-electron chi connectivity index (χ1n) is 8.08. The zero-order valence-electron chi connectivity index (χ0n) is 14.7. The fourth-order valence-electron chi connectivity index (χ4n) is 2.44. The van der Waals surface area contributed by atoms with Gasteiger partial charge in [0.1, 0.15) is 11.7 Å². The maximum atomic E-state index is 12.3. The van der Waals surface area contributed by atoms with Crippen molar-refractivity contribution in [3.63, 3.8) is 0 Å². The van der Waals surface area contributed by atoms with Crippen molar-refractivity contribution in [2.24, 2.45) is 5.92 Å². The van der Waals surface area contributed by atoms with Gasteiger partial charge in [-0.3, -0.25) is 0 Å². The van der Waals surface area contributed by atoms with Gasteiger partial charge in [0.05, 0.1) is 24.2 Å². The van der Waals surface area contributed by atoms with Gasteiger partial charge in [-0.05, 0) is 19.8 Å². The van der Waals surface area contributed by atoms with E-state index in [-0.39, 0.29) is 41.6 Å². The van der Waals surface area contributed by atoms with E-state index in [9.17, 15) is 14.9 Å². The van der Waals surface area contributed by atoms with Crippen molar-refractivity contribution in [3.8, 4) is 6.07 Å². The first-order chi connectivity index (χ1) is 11.9. The first-order valence-corrected chi connectivity index (χ1v) is 8.08. The number of esters is 2. The number of ether oxygens (including phenoxy) is 2. The lowest BCUT2D eigenvalue weighted by atomic mass is 10.2. The van der Waals surface area contributed by atoms with Crippen LogP contribution in [-0.4, -0.2) is 39.7 Å². The zero-order valence-corrected chi connectivity index (χ0v) is 14.7. The van der Waals surface area contributed by atoms with E-state index < -0.39 is 11.9 Å². The van der Waals surface area contributed by atoms with Crippen molar-refractivity contribution in [3.05, 3.63) is 23.3 Å². The molecule has 8 heteroatoms. The van der Waals surface area contributed by atoms with Gasteiger partial charge in [0.15, 0.2) is 5.69 Å². The molecule has 2 aromatic rings. The predicted octanol–water partition coefficient (Wildman–Crippen LogP) is 2.31. The van der Waals surface area contributed by atoms with Crippen molar-refractivity contribution in [2.75, 3.05) is 13.2 Å². The molecule has 0 atom stereocenters. The highest BCUT2D eigenvalue weighted by molar-refractivity contribution is 6.04. The van der Waals surface area contributed by atoms with Crippen LogP contribution in [0.1, 0.15) is 54.4 Å². The summed E-state index contributed by atoms with van der Waals surface area (Å²) in [5, 5.41) is 9.71. The molecule has 0 aliphatic rings.